The first-order chi connectivity index (χ1) is 8.67. The van der Waals surface area contributed by atoms with Crippen LogP contribution >= 0.6 is 12.2 Å². The van der Waals surface area contributed by atoms with Gasteiger partial charge in [-0.25, -0.2) is 0 Å². The SMILES string of the molecule is NC(=S)C1(C(=O)N2CCOCC2)CCCCCC1. The van der Waals surface area contributed by atoms with Gasteiger partial charge in [0.2, 0.25) is 5.91 Å². The normalized spacial score (nSPS) is 24.3. The zero-order valence-electron chi connectivity index (χ0n) is 10.8. The van der Waals surface area contributed by atoms with Crippen LogP contribution in [0.4, 0.5) is 0 Å². The molecule has 0 spiro atoms. The Morgan fingerprint density at radius 1 is 1.11 bits per heavy atom. The number of carbonyl (C=O) groups excluding carboxylic acids is 1. The van der Waals surface area contributed by atoms with Crippen LogP contribution in [0.15, 0.2) is 0 Å². The molecular weight excluding hydrogens is 248 g/mol. The second-order valence-corrected chi connectivity index (χ2v) is 5.70. The van der Waals surface area contributed by atoms with E-state index in [9.17, 15) is 4.79 Å². The molecule has 2 aliphatic rings. The minimum absolute atomic E-state index is 0.139. The molecule has 0 radical (unpaired) electrons. The molecule has 0 bridgehead atoms. The van der Waals surface area contributed by atoms with E-state index in [1.807, 2.05) is 4.90 Å². The second kappa shape index (κ2) is 5.97. The largest absolute Gasteiger partial charge is 0.392 e. The molecule has 1 heterocycles. The number of ether oxygens (including phenoxy) is 1. The fourth-order valence-electron chi connectivity index (χ4n) is 2.97. The van der Waals surface area contributed by atoms with E-state index in [4.69, 9.17) is 22.7 Å². The first-order valence-electron chi connectivity index (χ1n) is 6.84. The first kappa shape index (κ1) is 13.7. The number of rotatable bonds is 2. The van der Waals surface area contributed by atoms with Gasteiger partial charge in [-0.2, -0.15) is 0 Å². The van der Waals surface area contributed by atoms with Crippen molar-refractivity contribution in [2.75, 3.05) is 26.3 Å². The maximum absolute atomic E-state index is 12.8. The molecule has 1 saturated heterocycles. The van der Waals surface area contributed by atoms with E-state index in [-0.39, 0.29) is 5.91 Å². The lowest BCUT2D eigenvalue weighted by atomic mass is 9.78. The van der Waals surface area contributed by atoms with E-state index < -0.39 is 5.41 Å². The molecule has 5 heteroatoms. The maximum atomic E-state index is 12.8. The van der Waals surface area contributed by atoms with Crippen LogP contribution in [0.5, 0.6) is 0 Å². The highest BCUT2D eigenvalue weighted by atomic mass is 32.1. The lowest BCUT2D eigenvalue weighted by Crippen LogP contribution is -2.53. The number of hydrogen-bond donors (Lipinski definition) is 1. The number of amides is 1. The molecule has 0 aromatic rings. The Morgan fingerprint density at radius 2 is 1.67 bits per heavy atom. The van der Waals surface area contributed by atoms with E-state index in [0.29, 0.717) is 31.3 Å². The van der Waals surface area contributed by atoms with E-state index in [0.717, 1.165) is 25.7 Å². The fraction of sp³-hybridized carbons (Fsp3) is 0.846. The molecule has 1 aliphatic carbocycles. The zero-order chi connectivity index (χ0) is 13.0. The zero-order valence-corrected chi connectivity index (χ0v) is 11.6. The van der Waals surface area contributed by atoms with Gasteiger partial charge in [-0.1, -0.05) is 37.9 Å². The quantitative estimate of drug-likeness (QED) is 0.610. The van der Waals surface area contributed by atoms with Crippen molar-refractivity contribution in [1.82, 2.24) is 4.90 Å². The van der Waals surface area contributed by atoms with Gasteiger partial charge >= 0.3 is 0 Å². The van der Waals surface area contributed by atoms with Crippen LogP contribution in [-0.4, -0.2) is 42.1 Å². The van der Waals surface area contributed by atoms with Crippen LogP contribution < -0.4 is 5.73 Å². The Morgan fingerprint density at radius 3 is 2.17 bits per heavy atom. The van der Waals surface area contributed by atoms with Gasteiger partial charge in [-0.3, -0.25) is 4.79 Å². The average molecular weight is 270 g/mol. The topological polar surface area (TPSA) is 55.6 Å². The Bertz CT molecular complexity index is 319. The summed E-state index contributed by atoms with van der Waals surface area (Å²) >= 11 is 5.23. The lowest BCUT2D eigenvalue weighted by Gasteiger charge is -2.37. The van der Waals surface area contributed by atoms with Crippen LogP contribution in [0.2, 0.25) is 0 Å². The predicted molar refractivity (Wildman–Crippen MR) is 74.3 cm³/mol. The van der Waals surface area contributed by atoms with Gasteiger partial charge < -0.3 is 15.4 Å². The van der Waals surface area contributed by atoms with Gasteiger partial charge in [0.15, 0.2) is 0 Å². The molecular formula is C13H22N2O2S. The minimum atomic E-state index is -0.580. The second-order valence-electron chi connectivity index (χ2n) is 5.27. The fourth-order valence-corrected chi connectivity index (χ4v) is 3.26. The molecule has 0 unspecified atom stereocenters. The van der Waals surface area contributed by atoms with Crippen molar-refractivity contribution in [3.8, 4) is 0 Å². The molecule has 18 heavy (non-hydrogen) atoms. The summed E-state index contributed by atoms with van der Waals surface area (Å²) in [6, 6.07) is 0. The van der Waals surface area contributed by atoms with Gasteiger partial charge in [-0.15, -0.1) is 0 Å². The summed E-state index contributed by atoms with van der Waals surface area (Å²) in [6.07, 6.45) is 6.10. The third kappa shape index (κ3) is 2.67. The van der Waals surface area contributed by atoms with Gasteiger partial charge in [0.05, 0.1) is 23.6 Å². The van der Waals surface area contributed by atoms with Crippen LogP contribution in [0.3, 0.4) is 0 Å². The number of thiocarbonyl (C=S) groups is 1. The highest BCUT2D eigenvalue weighted by molar-refractivity contribution is 7.80. The number of nitrogens with zero attached hydrogens (tertiary/aromatic N) is 1. The summed E-state index contributed by atoms with van der Waals surface area (Å²) in [5, 5.41) is 0. The molecule has 1 aliphatic heterocycles. The molecule has 0 aromatic heterocycles. The molecule has 2 fully saturated rings. The van der Waals surface area contributed by atoms with Crippen molar-refractivity contribution in [2.24, 2.45) is 11.1 Å². The van der Waals surface area contributed by atoms with Crippen LogP contribution in [0.1, 0.15) is 38.5 Å². The Labute approximate surface area is 114 Å². The molecule has 4 nitrogen and oxygen atoms in total. The monoisotopic (exact) mass is 270 g/mol. The molecule has 102 valence electrons. The van der Waals surface area contributed by atoms with Gasteiger partial charge in [0.1, 0.15) is 0 Å². The van der Waals surface area contributed by atoms with Crippen molar-refractivity contribution in [1.29, 1.82) is 0 Å². The molecule has 2 N–H and O–H groups in total. The Kier molecular flexibility index (Phi) is 4.56. The van der Waals surface area contributed by atoms with Gasteiger partial charge in [-0.05, 0) is 12.8 Å². The highest BCUT2D eigenvalue weighted by Crippen LogP contribution is 2.37. The summed E-state index contributed by atoms with van der Waals surface area (Å²) in [6.45, 7) is 2.59. The number of carbonyl (C=O) groups is 1. The van der Waals surface area contributed by atoms with E-state index in [2.05, 4.69) is 0 Å². The molecule has 0 aromatic carbocycles. The molecule has 1 amide bonds. The van der Waals surface area contributed by atoms with Crippen molar-refractivity contribution < 1.29 is 9.53 Å². The first-order valence-corrected chi connectivity index (χ1v) is 7.25. The summed E-state index contributed by atoms with van der Waals surface area (Å²) in [5.41, 5.74) is 5.35. The number of morpholine rings is 1. The van der Waals surface area contributed by atoms with Gasteiger partial charge in [0.25, 0.3) is 0 Å². The van der Waals surface area contributed by atoms with Crippen molar-refractivity contribution in [3.63, 3.8) is 0 Å². The number of nitrogens with two attached hydrogens (primary N) is 1. The summed E-state index contributed by atoms with van der Waals surface area (Å²) < 4.78 is 5.30. The van der Waals surface area contributed by atoms with E-state index in [1.165, 1.54) is 12.8 Å². The highest BCUT2D eigenvalue weighted by Gasteiger charge is 2.44. The lowest BCUT2D eigenvalue weighted by molar-refractivity contribution is -0.143. The molecule has 2 rings (SSSR count). The maximum Gasteiger partial charge on any atom is 0.235 e. The Hall–Kier alpha value is -0.680. The minimum Gasteiger partial charge on any atom is -0.392 e. The van der Waals surface area contributed by atoms with Crippen LogP contribution in [0, 0.1) is 5.41 Å². The third-order valence-electron chi connectivity index (χ3n) is 4.14. The Balaban J connectivity index is 2.16. The number of hydrogen-bond acceptors (Lipinski definition) is 3. The third-order valence-corrected chi connectivity index (χ3v) is 4.53. The summed E-state index contributed by atoms with van der Waals surface area (Å²) in [4.78, 5) is 15.0. The standard InChI is InChI=1S/C13H22N2O2S/c14-11(18)13(5-3-1-2-4-6-13)12(16)15-7-9-17-10-8-15/h1-10H2,(H2,14,18). The van der Waals surface area contributed by atoms with E-state index in [1.54, 1.807) is 0 Å². The van der Waals surface area contributed by atoms with Crippen molar-refractivity contribution in [2.45, 2.75) is 38.5 Å². The summed E-state index contributed by atoms with van der Waals surface area (Å²) in [5.74, 6) is 0.139. The average Bonchev–Trinajstić information content (AvgIpc) is 2.65. The van der Waals surface area contributed by atoms with Crippen molar-refractivity contribution >= 4 is 23.1 Å². The van der Waals surface area contributed by atoms with Crippen molar-refractivity contribution in [3.05, 3.63) is 0 Å². The van der Waals surface area contributed by atoms with E-state index >= 15 is 0 Å². The smallest absolute Gasteiger partial charge is 0.235 e. The van der Waals surface area contributed by atoms with Gasteiger partial charge in [0, 0.05) is 13.1 Å². The summed E-state index contributed by atoms with van der Waals surface area (Å²) in [7, 11) is 0. The predicted octanol–water partition coefficient (Wildman–Crippen LogP) is 1.47. The molecule has 0 atom stereocenters. The van der Waals surface area contributed by atoms with Crippen LogP contribution in [-0.2, 0) is 9.53 Å². The van der Waals surface area contributed by atoms with Crippen LogP contribution in [0.25, 0.3) is 0 Å². The molecule has 1 saturated carbocycles.